The molecule has 118 valence electrons. The first-order chi connectivity index (χ1) is 11.0. The van der Waals surface area contributed by atoms with E-state index in [9.17, 15) is 4.79 Å². The molecule has 0 fully saturated rings. The second-order valence-electron chi connectivity index (χ2n) is 5.14. The van der Waals surface area contributed by atoms with E-state index >= 15 is 0 Å². The highest BCUT2D eigenvalue weighted by molar-refractivity contribution is 7.13. The summed E-state index contributed by atoms with van der Waals surface area (Å²) in [4.78, 5) is 16.7. The Bertz CT molecular complexity index is 841. The molecule has 1 N–H and O–H groups in total. The van der Waals surface area contributed by atoms with Gasteiger partial charge in [0.25, 0.3) is 5.91 Å². The van der Waals surface area contributed by atoms with Crippen molar-refractivity contribution in [2.24, 2.45) is 0 Å². The number of anilines is 1. The summed E-state index contributed by atoms with van der Waals surface area (Å²) in [5.41, 5.74) is 2.92. The molecule has 7 heteroatoms. The Hall–Kier alpha value is -2.18. The third-order valence-electron chi connectivity index (χ3n) is 3.31. The Morgan fingerprint density at radius 3 is 2.70 bits per heavy atom. The first-order valence-corrected chi connectivity index (χ1v) is 8.30. The topological polar surface area (TPSA) is 59.8 Å². The number of halogens is 1. The molecule has 0 atom stereocenters. The van der Waals surface area contributed by atoms with Crippen LogP contribution in [0.5, 0.6) is 0 Å². The van der Waals surface area contributed by atoms with Crippen LogP contribution in [0, 0.1) is 13.8 Å². The molecule has 3 aromatic rings. The quantitative estimate of drug-likeness (QED) is 0.779. The van der Waals surface area contributed by atoms with E-state index in [0.717, 1.165) is 11.3 Å². The minimum atomic E-state index is -0.291. The number of rotatable bonds is 4. The highest BCUT2D eigenvalue weighted by Gasteiger charge is 2.21. The smallest absolute Gasteiger partial charge is 0.262 e. The van der Waals surface area contributed by atoms with E-state index in [1.165, 1.54) is 11.3 Å². The zero-order valence-electron chi connectivity index (χ0n) is 12.7. The minimum Gasteiger partial charge on any atom is -0.298 e. The summed E-state index contributed by atoms with van der Waals surface area (Å²) in [6.45, 7) is 4.17. The van der Waals surface area contributed by atoms with Gasteiger partial charge < -0.3 is 0 Å². The van der Waals surface area contributed by atoms with Gasteiger partial charge in [0.05, 0.1) is 23.5 Å². The van der Waals surface area contributed by atoms with Crippen LogP contribution in [0.15, 0.2) is 35.7 Å². The number of thiazole rings is 1. The first kappa shape index (κ1) is 15.7. The number of aromatic nitrogens is 3. The van der Waals surface area contributed by atoms with Crippen molar-refractivity contribution in [3.63, 3.8) is 0 Å². The van der Waals surface area contributed by atoms with Crippen LogP contribution in [0.2, 0.25) is 5.15 Å². The van der Waals surface area contributed by atoms with Crippen molar-refractivity contribution in [2.45, 2.75) is 20.4 Å². The molecule has 0 saturated carbocycles. The highest BCUT2D eigenvalue weighted by atomic mass is 35.5. The Morgan fingerprint density at radius 2 is 2.04 bits per heavy atom. The lowest BCUT2D eigenvalue weighted by Gasteiger charge is -2.04. The van der Waals surface area contributed by atoms with Gasteiger partial charge in [-0.05, 0) is 19.4 Å². The van der Waals surface area contributed by atoms with Crippen LogP contribution >= 0.6 is 22.9 Å². The van der Waals surface area contributed by atoms with Crippen molar-refractivity contribution in [2.75, 3.05) is 5.32 Å². The molecular formula is C16H15ClN4OS. The van der Waals surface area contributed by atoms with E-state index in [4.69, 9.17) is 11.6 Å². The van der Waals surface area contributed by atoms with E-state index in [0.29, 0.717) is 28.1 Å². The molecule has 1 amide bonds. The number of amides is 1. The van der Waals surface area contributed by atoms with Crippen molar-refractivity contribution < 1.29 is 4.79 Å². The fourth-order valence-corrected chi connectivity index (χ4v) is 3.25. The van der Waals surface area contributed by atoms with Crippen molar-refractivity contribution in [1.29, 1.82) is 0 Å². The average molecular weight is 347 g/mol. The van der Waals surface area contributed by atoms with Gasteiger partial charge in [-0.2, -0.15) is 5.10 Å². The summed E-state index contributed by atoms with van der Waals surface area (Å²) in [6, 6.07) is 9.85. The number of hydrogen-bond donors (Lipinski definition) is 1. The van der Waals surface area contributed by atoms with Crippen molar-refractivity contribution in [1.82, 2.24) is 14.8 Å². The van der Waals surface area contributed by atoms with Gasteiger partial charge in [0.2, 0.25) is 0 Å². The van der Waals surface area contributed by atoms with Gasteiger partial charge in [0, 0.05) is 5.38 Å². The van der Waals surface area contributed by atoms with Gasteiger partial charge in [-0.3, -0.25) is 10.1 Å². The molecule has 0 aliphatic heterocycles. The predicted molar refractivity (Wildman–Crippen MR) is 92.3 cm³/mol. The van der Waals surface area contributed by atoms with Crippen LogP contribution in [0.4, 0.5) is 5.13 Å². The molecule has 2 heterocycles. The Labute approximate surface area is 142 Å². The van der Waals surface area contributed by atoms with E-state index in [1.807, 2.05) is 42.6 Å². The van der Waals surface area contributed by atoms with Crippen LogP contribution in [0.25, 0.3) is 0 Å². The lowest BCUT2D eigenvalue weighted by atomic mass is 10.2. The average Bonchev–Trinajstić information content (AvgIpc) is 3.04. The lowest BCUT2D eigenvalue weighted by Crippen LogP contribution is -2.13. The monoisotopic (exact) mass is 346 g/mol. The summed E-state index contributed by atoms with van der Waals surface area (Å²) >= 11 is 7.75. The van der Waals surface area contributed by atoms with Gasteiger partial charge in [-0.15, -0.1) is 11.3 Å². The molecule has 0 unspecified atom stereocenters. The molecule has 23 heavy (non-hydrogen) atoms. The fourth-order valence-electron chi connectivity index (χ4n) is 2.24. The number of carbonyl (C=O) groups is 1. The van der Waals surface area contributed by atoms with Gasteiger partial charge in [0.1, 0.15) is 5.15 Å². The summed E-state index contributed by atoms with van der Waals surface area (Å²) < 4.78 is 1.63. The van der Waals surface area contributed by atoms with Crippen molar-refractivity contribution in [3.8, 4) is 0 Å². The minimum absolute atomic E-state index is 0.291. The van der Waals surface area contributed by atoms with Crippen molar-refractivity contribution >= 4 is 34.0 Å². The largest absolute Gasteiger partial charge is 0.298 e. The number of benzene rings is 1. The van der Waals surface area contributed by atoms with E-state index in [1.54, 1.807) is 11.6 Å². The fraction of sp³-hybridized carbons (Fsp3) is 0.188. The Morgan fingerprint density at radius 1 is 1.30 bits per heavy atom. The molecule has 0 spiro atoms. The Kier molecular flexibility index (Phi) is 4.45. The first-order valence-electron chi connectivity index (χ1n) is 7.05. The number of hydrogen-bond acceptors (Lipinski definition) is 4. The van der Waals surface area contributed by atoms with Crippen LogP contribution in [-0.2, 0) is 6.54 Å². The molecule has 0 bridgehead atoms. The standard InChI is InChI=1S/C16H15ClN4OS/c1-10-9-23-16(18-10)19-15(22)13-11(2)20-21(14(13)17)8-12-6-4-3-5-7-12/h3-7,9H,8H2,1-2H3,(H,18,19,22). The molecule has 0 saturated heterocycles. The number of nitrogens with zero attached hydrogens (tertiary/aromatic N) is 3. The molecular weight excluding hydrogens is 332 g/mol. The third-order valence-corrected chi connectivity index (χ3v) is 4.57. The normalized spacial score (nSPS) is 10.7. The molecule has 0 aliphatic rings. The number of nitrogens with one attached hydrogen (secondary N) is 1. The molecule has 3 rings (SSSR count). The second kappa shape index (κ2) is 6.52. The van der Waals surface area contributed by atoms with Gasteiger partial charge >= 0.3 is 0 Å². The van der Waals surface area contributed by atoms with Crippen LogP contribution < -0.4 is 5.32 Å². The molecule has 5 nitrogen and oxygen atoms in total. The van der Waals surface area contributed by atoms with Gasteiger partial charge in [-0.25, -0.2) is 9.67 Å². The second-order valence-corrected chi connectivity index (χ2v) is 6.36. The predicted octanol–water partition coefficient (Wildman–Crippen LogP) is 3.91. The maximum absolute atomic E-state index is 12.4. The van der Waals surface area contributed by atoms with Crippen LogP contribution in [0.3, 0.4) is 0 Å². The zero-order valence-corrected chi connectivity index (χ0v) is 14.3. The van der Waals surface area contributed by atoms with E-state index < -0.39 is 0 Å². The highest BCUT2D eigenvalue weighted by Crippen LogP contribution is 2.23. The SMILES string of the molecule is Cc1csc(NC(=O)c2c(C)nn(Cc3ccccc3)c2Cl)n1. The number of aryl methyl sites for hydroxylation is 2. The van der Waals surface area contributed by atoms with Gasteiger partial charge in [-0.1, -0.05) is 41.9 Å². The Balaban J connectivity index is 1.84. The van der Waals surface area contributed by atoms with Crippen LogP contribution in [0.1, 0.15) is 27.3 Å². The summed E-state index contributed by atoms with van der Waals surface area (Å²) in [7, 11) is 0. The maximum Gasteiger partial charge on any atom is 0.262 e. The summed E-state index contributed by atoms with van der Waals surface area (Å²) in [5, 5.41) is 9.91. The number of carbonyl (C=O) groups excluding carboxylic acids is 1. The molecule has 1 aromatic carbocycles. The summed E-state index contributed by atoms with van der Waals surface area (Å²) in [6.07, 6.45) is 0. The molecule has 0 radical (unpaired) electrons. The zero-order chi connectivity index (χ0) is 16.4. The third kappa shape index (κ3) is 3.43. The maximum atomic E-state index is 12.4. The summed E-state index contributed by atoms with van der Waals surface area (Å²) in [5.74, 6) is -0.291. The van der Waals surface area contributed by atoms with Gasteiger partial charge in [0.15, 0.2) is 5.13 Å². The van der Waals surface area contributed by atoms with Crippen LogP contribution in [-0.4, -0.2) is 20.7 Å². The lowest BCUT2D eigenvalue weighted by molar-refractivity contribution is 0.102. The molecule has 0 aliphatic carbocycles. The van der Waals surface area contributed by atoms with Crippen molar-refractivity contribution in [3.05, 3.63) is 63.4 Å². The molecule has 2 aromatic heterocycles. The van der Waals surface area contributed by atoms with E-state index in [2.05, 4.69) is 15.4 Å². The van der Waals surface area contributed by atoms with E-state index in [-0.39, 0.29) is 5.91 Å².